The molecule has 0 heterocycles. The van der Waals surface area contributed by atoms with Gasteiger partial charge in [0.1, 0.15) is 11.3 Å². The number of halogens is 6. The van der Waals surface area contributed by atoms with Crippen molar-refractivity contribution in [3.63, 3.8) is 0 Å². The monoisotopic (exact) mass is 230 g/mol. The van der Waals surface area contributed by atoms with Crippen LogP contribution in [0.4, 0.5) is 38.0 Å². The van der Waals surface area contributed by atoms with E-state index in [4.69, 9.17) is 0 Å². The summed E-state index contributed by atoms with van der Waals surface area (Å²) in [6, 6.07) is 2.11. The van der Waals surface area contributed by atoms with Crippen molar-refractivity contribution in [2.24, 2.45) is 0 Å². The normalized spacial score (nSPS) is 11.3. The molecular weight excluding hydrogens is 226 g/mol. The lowest BCUT2D eigenvalue weighted by Gasteiger charge is -2.15. The summed E-state index contributed by atoms with van der Waals surface area (Å²) in [5.41, 5.74) is -3.50. The summed E-state index contributed by atoms with van der Waals surface area (Å²) in [7, 11) is 0. The predicted molar refractivity (Wildman–Crippen MR) is 40.9 cm³/mol. The molecule has 0 radical (unpaired) electrons. The molecule has 1 aromatic carbocycles. The second-order valence-corrected chi connectivity index (χ2v) is 2.52. The van der Waals surface area contributed by atoms with Crippen LogP contribution in [0.2, 0.25) is 0 Å². The van der Waals surface area contributed by atoms with Crippen molar-refractivity contribution >= 4 is 11.4 Å². The lowest BCUT2D eigenvalue weighted by atomic mass is 10.1. The highest BCUT2D eigenvalue weighted by atomic mass is 19.4. The summed E-state index contributed by atoms with van der Waals surface area (Å²) in [6.45, 7) is 0. The topological polar surface area (TPSA) is 15.3 Å². The van der Waals surface area contributed by atoms with Crippen molar-refractivity contribution in [3.8, 4) is 0 Å². The van der Waals surface area contributed by atoms with Crippen molar-refractivity contribution < 1.29 is 26.6 Å². The zero-order valence-electron chi connectivity index (χ0n) is 6.95. The second kappa shape index (κ2) is 3.87. The van der Waals surface area contributed by atoms with E-state index in [-0.39, 0.29) is 0 Å². The number of anilines is 2. The number of hydrogen-bond acceptors (Lipinski definition) is 2. The summed E-state index contributed by atoms with van der Waals surface area (Å²) < 4.78 is 72.9. The van der Waals surface area contributed by atoms with E-state index in [1.54, 1.807) is 0 Å². The van der Waals surface area contributed by atoms with Gasteiger partial charge in [-0.2, -0.15) is 13.2 Å². The van der Waals surface area contributed by atoms with Crippen LogP contribution in [0.15, 0.2) is 18.2 Å². The fraction of sp³-hybridized carbons (Fsp3) is 0.143. The van der Waals surface area contributed by atoms with Gasteiger partial charge >= 0.3 is 6.18 Å². The van der Waals surface area contributed by atoms with Crippen LogP contribution in [0.1, 0.15) is 5.56 Å². The number of rotatable bonds is 2. The average Bonchev–Trinajstić information content (AvgIpc) is 2.15. The molecular formula is C7H4F6N2. The van der Waals surface area contributed by atoms with E-state index < -0.39 is 28.5 Å². The van der Waals surface area contributed by atoms with Crippen LogP contribution in [0.3, 0.4) is 0 Å². The number of benzene rings is 1. The minimum atomic E-state index is -5.07. The Kier molecular flexibility index (Phi) is 2.96. The molecule has 1 N–H and O–H groups in total. The molecule has 0 fully saturated rings. The molecule has 0 saturated heterocycles. The second-order valence-electron chi connectivity index (χ2n) is 2.52. The van der Waals surface area contributed by atoms with Crippen LogP contribution >= 0.6 is 0 Å². The fourth-order valence-electron chi connectivity index (χ4n) is 1.06. The number of nitrogens with one attached hydrogen (secondary N) is 1. The van der Waals surface area contributed by atoms with E-state index >= 15 is 0 Å². The van der Waals surface area contributed by atoms with E-state index in [0.29, 0.717) is 12.1 Å². The standard InChI is InChI=1S/C7H4F6N2/c8-7(9,10)6-4(14-11)2-1-3-5(6)15(12)13/h1-3,14H. The maximum absolute atomic E-state index is 12.3. The van der Waals surface area contributed by atoms with Gasteiger partial charge in [-0.1, -0.05) is 15.0 Å². The zero-order valence-corrected chi connectivity index (χ0v) is 6.95. The SMILES string of the molecule is FNc1cccc(N(F)F)c1C(F)(F)F. The lowest BCUT2D eigenvalue weighted by Crippen LogP contribution is -2.13. The van der Waals surface area contributed by atoms with Crippen molar-refractivity contribution in [1.29, 1.82) is 0 Å². The Morgan fingerprint density at radius 2 is 1.73 bits per heavy atom. The molecule has 8 heteroatoms. The van der Waals surface area contributed by atoms with Gasteiger partial charge in [-0.25, -0.2) is 5.54 Å². The van der Waals surface area contributed by atoms with E-state index in [1.165, 1.54) is 0 Å². The highest BCUT2D eigenvalue weighted by molar-refractivity contribution is 5.65. The first-order chi connectivity index (χ1) is 6.88. The zero-order chi connectivity index (χ0) is 11.6. The molecule has 0 aliphatic rings. The summed E-state index contributed by atoms with van der Waals surface area (Å²) in [4.78, 5) is 0. The molecule has 84 valence electrons. The van der Waals surface area contributed by atoms with E-state index in [0.717, 1.165) is 11.6 Å². The highest BCUT2D eigenvalue weighted by Crippen LogP contribution is 2.41. The van der Waals surface area contributed by atoms with Gasteiger partial charge in [0.2, 0.25) is 0 Å². The number of alkyl halides is 3. The molecule has 0 unspecified atom stereocenters. The predicted octanol–water partition coefficient (Wildman–Crippen LogP) is 3.58. The molecule has 0 atom stereocenters. The smallest absolute Gasteiger partial charge is 0.224 e. The van der Waals surface area contributed by atoms with Gasteiger partial charge in [0.25, 0.3) is 0 Å². The van der Waals surface area contributed by atoms with Gasteiger partial charge < -0.3 is 0 Å². The Bertz CT molecular complexity index is 348. The summed E-state index contributed by atoms with van der Waals surface area (Å²) in [6.07, 6.45) is -5.07. The van der Waals surface area contributed by atoms with Crippen molar-refractivity contribution in [3.05, 3.63) is 23.8 Å². The van der Waals surface area contributed by atoms with Crippen LogP contribution in [0, 0.1) is 0 Å². The van der Waals surface area contributed by atoms with Crippen LogP contribution in [-0.4, -0.2) is 0 Å². The summed E-state index contributed by atoms with van der Waals surface area (Å²) in [5.74, 6) is 0. The molecule has 0 aromatic heterocycles. The Labute approximate surface area is 79.9 Å². The fourth-order valence-corrected chi connectivity index (χ4v) is 1.06. The first kappa shape index (κ1) is 11.5. The molecule has 0 bridgehead atoms. The third kappa shape index (κ3) is 2.25. The molecule has 0 aliphatic heterocycles. The third-order valence-electron chi connectivity index (χ3n) is 1.61. The molecule has 0 aliphatic carbocycles. The van der Waals surface area contributed by atoms with Crippen LogP contribution < -0.4 is 10.9 Å². The molecule has 2 nitrogen and oxygen atoms in total. The van der Waals surface area contributed by atoms with Gasteiger partial charge in [-0.3, -0.25) is 0 Å². The Morgan fingerprint density at radius 1 is 1.13 bits per heavy atom. The highest BCUT2D eigenvalue weighted by Gasteiger charge is 2.38. The number of nitrogens with zero attached hydrogens (tertiary/aromatic N) is 1. The number of hydrogen-bond donors (Lipinski definition) is 1. The van der Waals surface area contributed by atoms with E-state index in [9.17, 15) is 26.6 Å². The third-order valence-corrected chi connectivity index (χ3v) is 1.61. The molecule has 0 saturated carbocycles. The van der Waals surface area contributed by atoms with E-state index in [1.807, 2.05) is 0 Å². The molecule has 0 amide bonds. The Balaban J connectivity index is 3.41. The van der Waals surface area contributed by atoms with Crippen LogP contribution in [0.5, 0.6) is 0 Å². The maximum atomic E-state index is 12.3. The summed E-state index contributed by atoms with van der Waals surface area (Å²) >= 11 is 0. The first-order valence-corrected chi connectivity index (χ1v) is 3.56. The Hall–Kier alpha value is -1.60. The first-order valence-electron chi connectivity index (χ1n) is 3.56. The molecule has 1 rings (SSSR count). The van der Waals surface area contributed by atoms with Crippen molar-refractivity contribution in [2.75, 3.05) is 10.9 Å². The van der Waals surface area contributed by atoms with Gasteiger partial charge in [0.15, 0.2) is 0 Å². The van der Waals surface area contributed by atoms with Gasteiger partial charge in [0.05, 0.1) is 5.69 Å². The lowest BCUT2D eigenvalue weighted by molar-refractivity contribution is -0.137. The molecule has 15 heavy (non-hydrogen) atoms. The largest absolute Gasteiger partial charge is 0.420 e. The van der Waals surface area contributed by atoms with Gasteiger partial charge in [-0.05, 0) is 17.5 Å². The molecule has 1 aromatic rings. The van der Waals surface area contributed by atoms with Crippen LogP contribution in [0.25, 0.3) is 0 Å². The quantitative estimate of drug-likeness (QED) is 0.617. The summed E-state index contributed by atoms with van der Waals surface area (Å²) in [5, 5.41) is -1.72. The Morgan fingerprint density at radius 3 is 2.13 bits per heavy atom. The van der Waals surface area contributed by atoms with Gasteiger partial charge in [-0.15, -0.1) is 4.48 Å². The van der Waals surface area contributed by atoms with Crippen LogP contribution in [-0.2, 0) is 6.18 Å². The minimum Gasteiger partial charge on any atom is -0.224 e. The molecule has 0 spiro atoms. The van der Waals surface area contributed by atoms with Gasteiger partial charge in [0, 0.05) is 0 Å². The van der Waals surface area contributed by atoms with Crippen molar-refractivity contribution in [2.45, 2.75) is 6.18 Å². The maximum Gasteiger partial charge on any atom is 0.420 e. The minimum absolute atomic E-state index is 0.531. The van der Waals surface area contributed by atoms with Crippen molar-refractivity contribution in [1.82, 2.24) is 0 Å². The average molecular weight is 230 g/mol. The van der Waals surface area contributed by atoms with E-state index in [2.05, 4.69) is 0 Å².